The summed E-state index contributed by atoms with van der Waals surface area (Å²) < 4.78 is 10.6. The standard InChI is InChI=1S/C14H20O4/c1-11(16)12(7-9-15)8-10-18-14-5-3-13(17-2)4-6-14/h3-6,12,15H,7-10H2,1-2H3. The molecule has 0 aliphatic heterocycles. The van der Waals surface area contributed by atoms with Crippen LogP contribution in [0.15, 0.2) is 24.3 Å². The summed E-state index contributed by atoms with van der Waals surface area (Å²) in [6.45, 7) is 2.05. The summed E-state index contributed by atoms with van der Waals surface area (Å²) >= 11 is 0. The maximum Gasteiger partial charge on any atom is 0.133 e. The summed E-state index contributed by atoms with van der Waals surface area (Å²) in [6, 6.07) is 7.30. The van der Waals surface area contributed by atoms with Crippen LogP contribution < -0.4 is 9.47 Å². The summed E-state index contributed by atoms with van der Waals surface area (Å²) in [4.78, 5) is 11.3. The second kappa shape index (κ2) is 7.71. The quantitative estimate of drug-likeness (QED) is 0.769. The third kappa shape index (κ3) is 4.75. The molecule has 0 aliphatic carbocycles. The van der Waals surface area contributed by atoms with E-state index in [9.17, 15) is 4.79 Å². The zero-order valence-electron chi connectivity index (χ0n) is 10.9. The molecule has 0 heterocycles. The van der Waals surface area contributed by atoms with Crippen LogP contribution in [-0.2, 0) is 4.79 Å². The normalized spacial score (nSPS) is 11.9. The summed E-state index contributed by atoms with van der Waals surface area (Å²) in [7, 11) is 1.61. The minimum atomic E-state index is -0.117. The molecule has 0 fully saturated rings. The number of rotatable bonds is 8. The average Bonchev–Trinajstić information content (AvgIpc) is 2.38. The van der Waals surface area contributed by atoms with Crippen molar-refractivity contribution in [2.45, 2.75) is 19.8 Å². The molecule has 0 aliphatic rings. The van der Waals surface area contributed by atoms with E-state index in [0.717, 1.165) is 11.5 Å². The van der Waals surface area contributed by atoms with Crippen LogP contribution >= 0.6 is 0 Å². The number of aliphatic hydroxyl groups excluding tert-OH is 1. The van der Waals surface area contributed by atoms with E-state index in [-0.39, 0.29) is 18.3 Å². The monoisotopic (exact) mass is 252 g/mol. The van der Waals surface area contributed by atoms with Crippen LogP contribution in [0.5, 0.6) is 11.5 Å². The van der Waals surface area contributed by atoms with Gasteiger partial charge in [-0.15, -0.1) is 0 Å². The second-order valence-electron chi connectivity index (χ2n) is 4.13. The van der Waals surface area contributed by atoms with Gasteiger partial charge in [-0.25, -0.2) is 0 Å². The molecule has 0 aromatic heterocycles. The van der Waals surface area contributed by atoms with Gasteiger partial charge in [0.1, 0.15) is 17.3 Å². The molecule has 100 valence electrons. The van der Waals surface area contributed by atoms with Gasteiger partial charge in [0, 0.05) is 12.5 Å². The number of carbonyl (C=O) groups is 1. The lowest BCUT2D eigenvalue weighted by atomic mass is 9.98. The number of hydrogen-bond donors (Lipinski definition) is 1. The minimum absolute atomic E-state index is 0.0345. The highest BCUT2D eigenvalue weighted by molar-refractivity contribution is 5.78. The van der Waals surface area contributed by atoms with E-state index in [0.29, 0.717) is 19.4 Å². The maximum absolute atomic E-state index is 11.3. The molecule has 18 heavy (non-hydrogen) atoms. The Balaban J connectivity index is 2.37. The lowest BCUT2D eigenvalue weighted by molar-refractivity contribution is -0.121. The molecule has 0 bridgehead atoms. The van der Waals surface area contributed by atoms with Crippen LogP contribution in [0.2, 0.25) is 0 Å². The Hall–Kier alpha value is -1.55. The van der Waals surface area contributed by atoms with Gasteiger partial charge in [0.25, 0.3) is 0 Å². The van der Waals surface area contributed by atoms with Gasteiger partial charge in [-0.3, -0.25) is 4.79 Å². The first kappa shape index (κ1) is 14.5. The van der Waals surface area contributed by atoms with Crippen molar-refractivity contribution in [1.82, 2.24) is 0 Å². The molecule has 1 atom stereocenters. The number of carbonyl (C=O) groups excluding carboxylic acids is 1. The Morgan fingerprint density at radius 3 is 2.33 bits per heavy atom. The Bertz CT molecular complexity index is 359. The van der Waals surface area contributed by atoms with Gasteiger partial charge in [0.05, 0.1) is 13.7 Å². The second-order valence-corrected chi connectivity index (χ2v) is 4.13. The lowest BCUT2D eigenvalue weighted by Crippen LogP contribution is -2.16. The Kier molecular flexibility index (Phi) is 6.22. The fraction of sp³-hybridized carbons (Fsp3) is 0.500. The van der Waals surface area contributed by atoms with E-state index >= 15 is 0 Å². The Labute approximate surface area is 108 Å². The van der Waals surface area contributed by atoms with E-state index in [1.54, 1.807) is 14.0 Å². The maximum atomic E-state index is 11.3. The Morgan fingerprint density at radius 2 is 1.83 bits per heavy atom. The molecule has 0 saturated heterocycles. The van der Waals surface area contributed by atoms with E-state index in [4.69, 9.17) is 14.6 Å². The van der Waals surface area contributed by atoms with Crippen LogP contribution in [0.3, 0.4) is 0 Å². The molecule has 1 rings (SSSR count). The fourth-order valence-corrected chi connectivity index (χ4v) is 1.70. The molecule has 1 aromatic rings. The number of ketones is 1. The zero-order chi connectivity index (χ0) is 13.4. The predicted octanol–water partition coefficient (Wildman–Crippen LogP) is 2.05. The SMILES string of the molecule is COc1ccc(OCCC(CCO)C(C)=O)cc1. The molecular weight excluding hydrogens is 232 g/mol. The van der Waals surface area contributed by atoms with E-state index in [2.05, 4.69) is 0 Å². The van der Waals surface area contributed by atoms with Crippen molar-refractivity contribution < 1.29 is 19.4 Å². The van der Waals surface area contributed by atoms with Crippen molar-refractivity contribution in [3.8, 4) is 11.5 Å². The summed E-state index contributed by atoms with van der Waals surface area (Å²) in [5.41, 5.74) is 0. The van der Waals surface area contributed by atoms with Gasteiger partial charge in [-0.1, -0.05) is 0 Å². The van der Waals surface area contributed by atoms with Crippen molar-refractivity contribution in [2.75, 3.05) is 20.3 Å². The number of ether oxygens (including phenoxy) is 2. The smallest absolute Gasteiger partial charge is 0.133 e. The van der Waals surface area contributed by atoms with Gasteiger partial charge in [-0.2, -0.15) is 0 Å². The summed E-state index contributed by atoms with van der Waals surface area (Å²) in [5.74, 6) is 1.52. The van der Waals surface area contributed by atoms with Crippen LogP contribution in [0.25, 0.3) is 0 Å². The molecule has 0 saturated carbocycles. The molecule has 1 N–H and O–H groups in total. The number of benzene rings is 1. The molecule has 4 heteroatoms. The van der Waals surface area contributed by atoms with Crippen LogP contribution in [-0.4, -0.2) is 31.2 Å². The molecule has 0 spiro atoms. The topological polar surface area (TPSA) is 55.8 Å². The first-order valence-electron chi connectivity index (χ1n) is 6.05. The number of hydrogen-bond acceptors (Lipinski definition) is 4. The number of methoxy groups -OCH3 is 1. The highest BCUT2D eigenvalue weighted by Gasteiger charge is 2.13. The van der Waals surface area contributed by atoms with E-state index in [1.807, 2.05) is 24.3 Å². The zero-order valence-corrected chi connectivity index (χ0v) is 10.9. The van der Waals surface area contributed by atoms with Gasteiger partial charge in [0.2, 0.25) is 0 Å². The fourth-order valence-electron chi connectivity index (χ4n) is 1.70. The molecule has 0 radical (unpaired) electrons. The first-order chi connectivity index (χ1) is 8.67. The molecule has 1 aromatic carbocycles. The van der Waals surface area contributed by atoms with Crippen molar-refractivity contribution in [3.05, 3.63) is 24.3 Å². The van der Waals surface area contributed by atoms with Crippen molar-refractivity contribution >= 4 is 5.78 Å². The van der Waals surface area contributed by atoms with Gasteiger partial charge < -0.3 is 14.6 Å². The Morgan fingerprint density at radius 1 is 1.22 bits per heavy atom. The highest BCUT2D eigenvalue weighted by atomic mass is 16.5. The first-order valence-corrected chi connectivity index (χ1v) is 6.05. The van der Waals surface area contributed by atoms with E-state index in [1.165, 1.54) is 0 Å². The van der Waals surface area contributed by atoms with Crippen molar-refractivity contribution in [1.29, 1.82) is 0 Å². The number of Topliss-reactive ketones (excluding diaryl/α,β-unsaturated/α-hetero) is 1. The molecule has 1 unspecified atom stereocenters. The molecule has 4 nitrogen and oxygen atoms in total. The van der Waals surface area contributed by atoms with Crippen LogP contribution in [0, 0.1) is 5.92 Å². The van der Waals surface area contributed by atoms with E-state index < -0.39 is 0 Å². The van der Waals surface area contributed by atoms with Crippen LogP contribution in [0.1, 0.15) is 19.8 Å². The number of aliphatic hydroxyl groups is 1. The van der Waals surface area contributed by atoms with Gasteiger partial charge in [0.15, 0.2) is 0 Å². The molecular formula is C14H20O4. The van der Waals surface area contributed by atoms with Crippen molar-refractivity contribution in [3.63, 3.8) is 0 Å². The summed E-state index contributed by atoms with van der Waals surface area (Å²) in [6.07, 6.45) is 1.13. The third-order valence-corrected chi connectivity index (χ3v) is 2.85. The highest BCUT2D eigenvalue weighted by Crippen LogP contribution is 2.18. The average molecular weight is 252 g/mol. The van der Waals surface area contributed by atoms with Gasteiger partial charge in [-0.05, 0) is 44.0 Å². The molecule has 0 amide bonds. The van der Waals surface area contributed by atoms with Crippen LogP contribution in [0.4, 0.5) is 0 Å². The third-order valence-electron chi connectivity index (χ3n) is 2.85. The van der Waals surface area contributed by atoms with Crippen molar-refractivity contribution in [2.24, 2.45) is 5.92 Å². The largest absolute Gasteiger partial charge is 0.497 e. The minimum Gasteiger partial charge on any atom is -0.497 e. The van der Waals surface area contributed by atoms with Gasteiger partial charge >= 0.3 is 0 Å². The summed E-state index contributed by atoms with van der Waals surface area (Å²) in [5, 5.41) is 8.85. The lowest BCUT2D eigenvalue weighted by Gasteiger charge is -2.13. The predicted molar refractivity (Wildman–Crippen MR) is 69.0 cm³/mol.